The normalized spacial score (nSPS) is 12.3. The second kappa shape index (κ2) is 9.38. The number of hydrogen-bond donors (Lipinski definition) is 2. The zero-order valence-electron chi connectivity index (χ0n) is 20.4. The Morgan fingerprint density at radius 2 is 2.03 bits per heavy atom. The second-order valence-corrected chi connectivity index (χ2v) is 9.44. The average Bonchev–Trinajstić information content (AvgIpc) is 3.49. The highest BCUT2D eigenvalue weighted by atomic mass is 35.5. The maximum atomic E-state index is 14.0. The largest absolute Gasteiger partial charge is 0.359 e. The van der Waals surface area contributed by atoms with Crippen molar-refractivity contribution in [3.05, 3.63) is 97.3 Å². The monoisotopic (exact) mass is 543 g/mol. The van der Waals surface area contributed by atoms with Crippen LogP contribution in [0.25, 0.3) is 16.7 Å². The number of fused-ring (bicyclic) bond motifs is 3. The summed E-state index contributed by atoms with van der Waals surface area (Å²) >= 11 is 6.55. The van der Waals surface area contributed by atoms with Crippen LogP contribution in [-0.2, 0) is 13.1 Å². The summed E-state index contributed by atoms with van der Waals surface area (Å²) in [4.78, 5) is 39.7. The number of nitrogens with one attached hydrogen (secondary N) is 2. The predicted molar refractivity (Wildman–Crippen MR) is 143 cm³/mol. The number of aromatic nitrogens is 6. The number of imidazole rings is 1. The number of nitrogens with zero attached hydrogens (tertiary/aromatic N) is 7. The van der Waals surface area contributed by atoms with Gasteiger partial charge in [-0.15, -0.1) is 0 Å². The lowest BCUT2D eigenvalue weighted by Gasteiger charge is -2.17. The van der Waals surface area contributed by atoms with E-state index in [1.54, 1.807) is 37.4 Å². The molecule has 0 unspecified atom stereocenters. The molecule has 2 aromatic carbocycles. The number of nitriles is 1. The number of rotatable bonds is 5. The summed E-state index contributed by atoms with van der Waals surface area (Å²) in [5, 5.41) is 15.8. The molecule has 11 nitrogen and oxygen atoms in total. The Morgan fingerprint density at radius 1 is 1.18 bits per heavy atom. The van der Waals surface area contributed by atoms with Crippen LogP contribution in [0.5, 0.6) is 0 Å². The standard InChI is InChI=1S/C26H19ClFN9O2/c1-14-6-17(12-30-11-14)37-25(38)34-24(36(26(37)39)13-15-2-3-19(28)16(7-15)10-29)32-20-9-22-21(8-18(20)27)33-23-31-4-5-35(22)23/h2-3,6-9,11-12H,4-5,13H2,1H3,(H,31,33)(H,32,34,38). The quantitative estimate of drug-likeness (QED) is 0.344. The molecule has 2 N–H and O–H groups in total. The van der Waals surface area contributed by atoms with Crippen molar-refractivity contribution in [2.75, 3.05) is 17.2 Å². The van der Waals surface area contributed by atoms with E-state index in [1.165, 1.54) is 22.9 Å². The summed E-state index contributed by atoms with van der Waals surface area (Å²) in [5.74, 6) is -0.0266. The predicted octanol–water partition coefficient (Wildman–Crippen LogP) is 3.33. The Balaban J connectivity index is 1.51. The molecule has 0 fully saturated rings. The molecule has 5 aromatic rings. The van der Waals surface area contributed by atoms with Crippen molar-refractivity contribution in [3.63, 3.8) is 0 Å². The van der Waals surface area contributed by atoms with Crippen LogP contribution in [0.1, 0.15) is 16.7 Å². The van der Waals surface area contributed by atoms with Crippen molar-refractivity contribution >= 4 is 40.2 Å². The minimum Gasteiger partial charge on any atom is -0.354 e. The van der Waals surface area contributed by atoms with E-state index in [2.05, 4.69) is 25.6 Å². The highest BCUT2D eigenvalue weighted by Gasteiger charge is 2.20. The fourth-order valence-electron chi connectivity index (χ4n) is 4.56. The number of benzene rings is 2. The van der Waals surface area contributed by atoms with Gasteiger partial charge in [0, 0.05) is 19.3 Å². The number of pyridine rings is 1. The second-order valence-electron chi connectivity index (χ2n) is 9.03. The molecule has 0 spiro atoms. The van der Waals surface area contributed by atoms with E-state index in [0.717, 1.165) is 40.8 Å². The van der Waals surface area contributed by atoms with E-state index < -0.39 is 17.2 Å². The van der Waals surface area contributed by atoms with E-state index in [-0.39, 0.29) is 23.7 Å². The van der Waals surface area contributed by atoms with Crippen LogP contribution in [0.2, 0.25) is 5.02 Å². The molecule has 0 bridgehead atoms. The molecular formula is C26H19ClFN9O2. The van der Waals surface area contributed by atoms with Gasteiger partial charge in [0.05, 0.1) is 45.7 Å². The lowest BCUT2D eigenvalue weighted by molar-refractivity contribution is 0.620. The minimum absolute atomic E-state index is 0.0785. The topological polar surface area (TPSA) is 135 Å². The third-order valence-electron chi connectivity index (χ3n) is 6.38. The van der Waals surface area contributed by atoms with Gasteiger partial charge in [-0.2, -0.15) is 10.2 Å². The number of anilines is 3. The third kappa shape index (κ3) is 4.28. The van der Waals surface area contributed by atoms with Gasteiger partial charge in [-0.1, -0.05) is 17.7 Å². The van der Waals surface area contributed by atoms with Crippen molar-refractivity contribution in [2.24, 2.45) is 0 Å². The van der Waals surface area contributed by atoms with Gasteiger partial charge in [0.2, 0.25) is 11.9 Å². The smallest absolute Gasteiger partial charge is 0.354 e. The van der Waals surface area contributed by atoms with Crippen LogP contribution in [0.3, 0.4) is 0 Å². The maximum absolute atomic E-state index is 14.0. The van der Waals surface area contributed by atoms with E-state index in [4.69, 9.17) is 11.6 Å². The van der Waals surface area contributed by atoms with Crippen LogP contribution in [-0.4, -0.2) is 35.2 Å². The van der Waals surface area contributed by atoms with E-state index in [0.29, 0.717) is 21.8 Å². The first-order valence-electron chi connectivity index (χ1n) is 11.9. The molecule has 4 heterocycles. The van der Waals surface area contributed by atoms with Gasteiger partial charge >= 0.3 is 11.4 Å². The van der Waals surface area contributed by atoms with Crippen LogP contribution >= 0.6 is 11.6 Å². The Kier molecular flexibility index (Phi) is 5.85. The summed E-state index contributed by atoms with van der Waals surface area (Å²) in [6, 6.07) is 10.9. The highest BCUT2D eigenvalue weighted by Crippen LogP contribution is 2.32. The molecule has 0 radical (unpaired) electrons. The van der Waals surface area contributed by atoms with Crippen molar-refractivity contribution in [1.29, 1.82) is 5.26 Å². The van der Waals surface area contributed by atoms with E-state index in [1.807, 2.05) is 4.57 Å². The van der Waals surface area contributed by atoms with Crippen LogP contribution in [0.4, 0.5) is 22.0 Å². The first-order valence-corrected chi connectivity index (χ1v) is 12.3. The molecule has 6 rings (SSSR count). The Bertz CT molecular complexity index is 1950. The van der Waals surface area contributed by atoms with Crippen molar-refractivity contribution in [2.45, 2.75) is 20.0 Å². The minimum atomic E-state index is -0.824. The summed E-state index contributed by atoms with van der Waals surface area (Å²) in [5.41, 5.74) is 1.65. The molecular weight excluding hydrogens is 525 g/mol. The van der Waals surface area contributed by atoms with Crippen molar-refractivity contribution in [3.8, 4) is 11.8 Å². The summed E-state index contributed by atoms with van der Waals surface area (Å²) in [6.07, 6.45) is 2.98. The molecule has 0 atom stereocenters. The zero-order valence-corrected chi connectivity index (χ0v) is 21.2. The summed E-state index contributed by atoms with van der Waals surface area (Å²) in [6.45, 7) is 3.14. The van der Waals surface area contributed by atoms with Gasteiger partial charge in [0.15, 0.2) is 0 Å². The third-order valence-corrected chi connectivity index (χ3v) is 6.70. The molecule has 13 heteroatoms. The zero-order chi connectivity index (χ0) is 27.3. The average molecular weight is 544 g/mol. The lowest BCUT2D eigenvalue weighted by atomic mass is 10.1. The number of hydrogen-bond acceptors (Lipinski definition) is 8. The molecule has 0 aliphatic carbocycles. The molecule has 0 saturated carbocycles. The van der Waals surface area contributed by atoms with Crippen LogP contribution in [0, 0.1) is 24.1 Å². The van der Waals surface area contributed by atoms with Gasteiger partial charge in [-0.3, -0.25) is 9.55 Å². The van der Waals surface area contributed by atoms with Gasteiger partial charge in [-0.05, 0) is 48.4 Å². The molecule has 3 aromatic heterocycles. The van der Waals surface area contributed by atoms with E-state index in [9.17, 15) is 19.2 Å². The van der Waals surface area contributed by atoms with Gasteiger partial charge in [0.25, 0.3) is 0 Å². The van der Waals surface area contributed by atoms with Crippen molar-refractivity contribution in [1.82, 2.24) is 28.7 Å². The first-order chi connectivity index (χ1) is 18.8. The van der Waals surface area contributed by atoms with E-state index >= 15 is 0 Å². The van der Waals surface area contributed by atoms with Crippen molar-refractivity contribution < 1.29 is 4.39 Å². The molecule has 0 amide bonds. The maximum Gasteiger partial charge on any atom is 0.359 e. The fourth-order valence-corrected chi connectivity index (χ4v) is 4.76. The van der Waals surface area contributed by atoms with Crippen LogP contribution < -0.4 is 22.0 Å². The SMILES string of the molecule is Cc1cncc(-n2c(=O)nc(Nc3cc4c(cc3Cl)nc3n4CCN3)n(Cc3ccc(F)c(C#N)c3)c2=O)c1. The first kappa shape index (κ1) is 24.3. The molecule has 1 aliphatic rings. The van der Waals surface area contributed by atoms with Crippen LogP contribution in [0.15, 0.2) is 58.4 Å². The van der Waals surface area contributed by atoms with Gasteiger partial charge in [0.1, 0.15) is 11.9 Å². The molecule has 0 saturated heterocycles. The molecule has 39 heavy (non-hydrogen) atoms. The highest BCUT2D eigenvalue weighted by molar-refractivity contribution is 6.34. The summed E-state index contributed by atoms with van der Waals surface area (Å²) in [7, 11) is 0. The Hall–Kier alpha value is -5.02. The Labute approximate surface area is 224 Å². The molecule has 194 valence electrons. The summed E-state index contributed by atoms with van der Waals surface area (Å²) < 4.78 is 18.1. The molecule has 1 aliphatic heterocycles. The number of aryl methyl sites for hydroxylation is 1. The Morgan fingerprint density at radius 3 is 2.82 bits per heavy atom. The van der Waals surface area contributed by atoms with Gasteiger partial charge < -0.3 is 15.2 Å². The number of halogens is 2. The lowest BCUT2D eigenvalue weighted by Crippen LogP contribution is -2.41. The van der Waals surface area contributed by atoms with Gasteiger partial charge in [-0.25, -0.2) is 23.5 Å². The fraction of sp³-hybridized carbons (Fsp3) is 0.154.